The lowest BCUT2D eigenvalue weighted by molar-refractivity contribution is 0.328. The molecule has 2 rings (SSSR count). The summed E-state index contributed by atoms with van der Waals surface area (Å²) in [6.07, 6.45) is 6.05. The van der Waals surface area contributed by atoms with Crippen molar-refractivity contribution in [3.63, 3.8) is 0 Å². The van der Waals surface area contributed by atoms with Gasteiger partial charge in [0.2, 0.25) is 5.95 Å². The Balaban J connectivity index is 1.81. The van der Waals surface area contributed by atoms with Gasteiger partial charge < -0.3 is 10.2 Å². The minimum Gasteiger partial charge on any atom is -0.341 e. The zero-order valence-electron chi connectivity index (χ0n) is 12.0. The van der Waals surface area contributed by atoms with Gasteiger partial charge in [0.15, 0.2) is 0 Å². The Bertz CT molecular complexity index is 391. The van der Waals surface area contributed by atoms with Gasteiger partial charge in [0.05, 0.1) is 4.47 Å². The second-order valence-corrected chi connectivity index (χ2v) is 7.18. The lowest BCUT2D eigenvalue weighted by Gasteiger charge is -2.33. The largest absolute Gasteiger partial charge is 0.341 e. The predicted molar refractivity (Wildman–Crippen MR) is 82.4 cm³/mol. The molecule has 106 valence electrons. The van der Waals surface area contributed by atoms with Gasteiger partial charge in [-0.15, -0.1) is 0 Å². The zero-order valence-corrected chi connectivity index (χ0v) is 13.6. The van der Waals surface area contributed by atoms with Crippen LogP contribution in [0.25, 0.3) is 0 Å². The first-order chi connectivity index (χ1) is 8.94. The van der Waals surface area contributed by atoms with Gasteiger partial charge in [-0.3, -0.25) is 0 Å². The highest BCUT2D eigenvalue weighted by molar-refractivity contribution is 9.10. The molecule has 1 aromatic heterocycles. The van der Waals surface area contributed by atoms with Crippen molar-refractivity contribution >= 4 is 21.9 Å². The minimum atomic E-state index is 0.214. The Kier molecular flexibility index (Phi) is 4.79. The maximum atomic E-state index is 4.36. The highest BCUT2D eigenvalue weighted by Gasteiger charge is 2.22. The molecule has 0 radical (unpaired) electrons. The number of rotatable bonds is 3. The monoisotopic (exact) mass is 326 g/mol. The van der Waals surface area contributed by atoms with Crippen molar-refractivity contribution < 1.29 is 0 Å². The SMILES string of the molecule is CC(C)(C)NCC1CCN(c2ncc(Br)cn2)CC1. The molecule has 0 bridgehead atoms. The molecule has 1 N–H and O–H groups in total. The van der Waals surface area contributed by atoms with Gasteiger partial charge in [0.25, 0.3) is 0 Å². The summed E-state index contributed by atoms with van der Waals surface area (Å²) >= 11 is 3.37. The van der Waals surface area contributed by atoms with Crippen molar-refractivity contribution in [3.8, 4) is 0 Å². The van der Waals surface area contributed by atoms with E-state index in [-0.39, 0.29) is 5.54 Å². The van der Waals surface area contributed by atoms with E-state index in [1.165, 1.54) is 12.8 Å². The third-order valence-electron chi connectivity index (χ3n) is 3.43. The first-order valence-corrected chi connectivity index (χ1v) is 7.71. The second-order valence-electron chi connectivity index (χ2n) is 6.26. The van der Waals surface area contributed by atoms with Crippen LogP contribution in [0.4, 0.5) is 5.95 Å². The third kappa shape index (κ3) is 4.73. The Labute approximate surface area is 124 Å². The number of anilines is 1. The van der Waals surface area contributed by atoms with E-state index in [0.717, 1.165) is 36.0 Å². The van der Waals surface area contributed by atoms with Crippen LogP contribution in [0.15, 0.2) is 16.9 Å². The fraction of sp³-hybridized carbons (Fsp3) is 0.714. The second kappa shape index (κ2) is 6.18. The molecule has 2 heterocycles. The topological polar surface area (TPSA) is 41.0 Å². The van der Waals surface area contributed by atoms with Crippen LogP contribution < -0.4 is 10.2 Å². The Morgan fingerprint density at radius 1 is 1.26 bits per heavy atom. The molecule has 0 atom stereocenters. The fourth-order valence-electron chi connectivity index (χ4n) is 2.26. The van der Waals surface area contributed by atoms with E-state index >= 15 is 0 Å². The van der Waals surface area contributed by atoms with E-state index in [1.54, 1.807) is 0 Å². The van der Waals surface area contributed by atoms with Gasteiger partial charge >= 0.3 is 0 Å². The third-order valence-corrected chi connectivity index (χ3v) is 3.83. The maximum Gasteiger partial charge on any atom is 0.225 e. The van der Waals surface area contributed by atoms with Gasteiger partial charge in [-0.05, 0) is 62.0 Å². The average molecular weight is 327 g/mol. The molecule has 0 spiro atoms. The summed E-state index contributed by atoms with van der Waals surface area (Å²) in [4.78, 5) is 11.0. The summed E-state index contributed by atoms with van der Waals surface area (Å²) in [6, 6.07) is 0. The summed E-state index contributed by atoms with van der Waals surface area (Å²) in [6.45, 7) is 9.88. The first-order valence-electron chi connectivity index (χ1n) is 6.91. The van der Waals surface area contributed by atoms with Crippen LogP contribution in [-0.4, -0.2) is 35.1 Å². The van der Waals surface area contributed by atoms with Crippen LogP contribution in [0, 0.1) is 5.92 Å². The van der Waals surface area contributed by atoms with Gasteiger partial charge in [-0.1, -0.05) is 0 Å². The molecular formula is C14H23BrN4. The summed E-state index contributed by atoms with van der Waals surface area (Å²) in [7, 11) is 0. The molecule has 0 unspecified atom stereocenters. The summed E-state index contributed by atoms with van der Waals surface area (Å²) in [5, 5.41) is 3.60. The van der Waals surface area contributed by atoms with E-state index in [0.29, 0.717) is 0 Å². The van der Waals surface area contributed by atoms with Crippen molar-refractivity contribution in [2.45, 2.75) is 39.2 Å². The van der Waals surface area contributed by atoms with E-state index in [4.69, 9.17) is 0 Å². The normalized spacial score (nSPS) is 17.8. The van der Waals surface area contributed by atoms with Crippen molar-refractivity contribution in [2.24, 2.45) is 5.92 Å². The molecule has 1 aliphatic rings. The van der Waals surface area contributed by atoms with E-state index in [2.05, 4.69) is 56.9 Å². The maximum absolute atomic E-state index is 4.36. The molecule has 5 heteroatoms. The number of nitrogens with zero attached hydrogens (tertiary/aromatic N) is 3. The van der Waals surface area contributed by atoms with Crippen molar-refractivity contribution in [2.75, 3.05) is 24.5 Å². The number of hydrogen-bond donors (Lipinski definition) is 1. The predicted octanol–water partition coefficient (Wildman–Crippen LogP) is 2.84. The van der Waals surface area contributed by atoms with E-state index in [1.807, 2.05) is 12.4 Å². The number of hydrogen-bond acceptors (Lipinski definition) is 4. The number of nitrogens with one attached hydrogen (secondary N) is 1. The Hall–Kier alpha value is -0.680. The van der Waals surface area contributed by atoms with Crippen molar-refractivity contribution in [1.29, 1.82) is 0 Å². The Morgan fingerprint density at radius 2 is 1.84 bits per heavy atom. The summed E-state index contributed by atoms with van der Waals surface area (Å²) in [5.41, 5.74) is 0.214. The van der Waals surface area contributed by atoms with E-state index in [9.17, 15) is 0 Å². The molecule has 0 amide bonds. The quantitative estimate of drug-likeness (QED) is 0.927. The van der Waals surface area contributed by atoms with Crippen LogP contribution >= 0.6 is 15.9 Å². The summed E-state index contributed by atoms with van der Waals surface area (Å²) < 4.78 is 0.931. The molecule has 4 nitrogen and oxygen atoms in total. The van der Waals surface area contributed by atoms with Crippen molar-refractivity contribution in [1.82, 2.24) is 15.3 Å². The molecule has 0 saturated carbocycles. The average Bonchev–Trinajstić information content (AvgIpc) is 2.37. The van der Waals surface area contributed by atoms with Gasteiger partial charge in [0, 0.05) is 31.0 Å². The minimum absolute atomic E-state index is 0.214. The fourth-order valence-corrected chi connectivity index (χ4v) is 2.46. The molecule has 1 saturated heterocycles. The Morgan fingerprint density at radius 3 is 2.37 bits per heavy atom. The zero-order chi connectivity index (χ0) is 13.9. The van der Waals surface area contributed by atoms with Crippen LogP contribution in [0.5, 0.6) is 0 Å². The van der Waals surface area contributed by atoms with Gasteiger partial charge in [0.1, 0.15) is 0 Å². The van der Waals surface area contributed by atoms with Crippen LogP contribution in [-0.2, 0) is 0 Å². The molecule has 1 fully saturated rings. The van der Waals surface area contributed by atoms with Crippen LogP contribution in [0.2, 0.25) is 0 Å². The number of halogens is 1. The standard InChI is InChI=1S/C14H23BrN4/c1-14(2,3)18-8-11-4-6-19(7-5-11)13-16-9-12(15)10-17-13/h9-11,18H,4-8H2,1-3H3. The molecule has 0 aliphatic carbocycles. The van der Waals surface area contributed by atoms with Crippen molar-refractivity contribution in [3.05, 3.63) is 16.9 Å². The van der Waals surface area contributed by atoms with Gasteiger partial charge in [-0.2, -0.15) is 0 Å². The van der Waals surface area contributed by atoms with Gasteiger partial charge in [-0.25, -0.2) is 9.97 Å². The lowest BCUT2D eigenvalue weighted by Crippen LogP contribution is -2.43. The summed E-state index contributed by atoms with van der Waals surface area (Å²) in [5.74, 6) is 1.62. The highest BCUT2D eigenvalue weighted by Crippen LogP contribution is 2.21. The van der Waals surface area contributed by atoms with Crippen LogP contribution in [0.3, 0.4) is 0 Å². The molecule has 0 aromatic carbocycles. The molecule has 1 aliphatic heterocycles. The lowest BCUT2D eigenvalue weighted by atomic mass is 9.95. The highest BCUT2D eigenvalue weighted by atomic mass is 79.9. The molecule has 19 heavy (non-hydrogen) atoms. The van der Waals surface area contributed by atoms with Crippen LogP contribution in [0.1, 0.15) is 33.6 Å². The van der Waals surface area contributed by atoms with E-state index < -0.39 is 0 Å². The number of aromatic nitrogens is 2. The smallest absolute Gasteiger partial charge is 0.225 e. The first kappa shape index (κ1) is 14.7. The molecular weight excluding hydrogens is 304 g/mol. The molecule has 1 aromatic rings. The number of piperidine rings is 1.